The monoisotopic (exact) mass is 245 g/mol. The molecule has 0 saturated heterocycles. The summed E-state index contributed by atoms with van der Waals surface area (Å²) in [5.41, 5.74) is 7.40. The molecule has 0 bridgehead atoms. The highest BCUT2D eigenvalue weighted by Crippen LogP contribution is 2.22. The van der Waals surface area contributed by atoms with Crippen molar-refractivity contribution in [3.63, 3.8) is 0 Å². The summed E-state index contributed by atoms with van der Waals surface area (Å²) in [5.74, 6) is 0. The lowest BCUT2D eigenvalue weighted by molar-refractivity contribution is 0.761. The fraction of sp³-hybridized carbons (Fsp3) is 0.231. The second-order valence-corrected chi connectivity index (χ2v) is 4.13. The van der Waals surface area contributed by atoms with Crippen LogP contribution in [0.3, 0.4) is 0 Å². The highest BCUT2D eigenvalue weighted by molar-refractivity contribution is 5.73. The molecule has 0 aliphatic rings. The molecule has 0 spiro atoms. The zero-order chi connectivity index (χ0) is 13.3. The minimum absolute atomic E-state index is 0.102. The van der Waals surface area contributed by atoms with Gasteiger partial charge in [0.1, 0.15) is 0 Å². The van der Waals surface area contributed by atoms with E-state index >= 15 is 0 Å². The van der Waals surface area contributed by atoms with Crippen molar-refractivity contribution in [2.24, 2.45) is 7.05 Å². The fourth-order valence-electron chi connectivity index (χ4n) is 1.89. The molecule has 0 atom stereocenters. The Hall–Kier alpha value is -2.30. The molecule has 0 fully saturated rings. The molecular formula is C13H15N3O2. The maximum absolute atomic E-state index is 11.7. The maximum Gasteiger partial charge on any atom is 0.251 e. The smallest absolute Gasteiger partial charge is 0.251 e. The van der Waals surface area contributed by atoms with Crippen LogP contribution in [0.25, 0.3) is 11.3 Å². The number of nitrogens with zero attached hydrogens (tertiary/aromatic N) is 2. The molecule has 0 unspecified atom stereocenters. The molecule has 18 heavy (non-hydrogen) atoms. The molecule has 0 aliphatic heterocycles. The Balaban J connectivity index is 2.76. The minimum atomic E-state index is -0.154. The summed E-state index contributed by atoms with van der Waals surface area (Å²) in [6.45, 7) is 2.66. The molecule has 2 aromatic rings. The molecule has 2 aromatic heterocycles. The number of pyridine rings is 2. The molecule has 0 amide bonds. The summed E-state index contributed by atoms with van der Waals surface area (Å²) in [5, 5.41) is 0. The zero-order valence-corrected chi connectivity index (χ0v) is 10.4. The topological polar surface area (TPSA) is 70.0 Å². The minimum Gasteiger partial charge on any atom is -0.397 e. The van der Waals surface area contributed by atoms with Gasteiger partial charge in [0.25, 0.3) is 5.56 Å². The SMILES string of the molecule is CCn1ccc(=O)cc1-c1cc(=O)n(C)cc1N. The van der Waals surface area contributed by atoms with E-state index in [1.807, 2.05) is 11.5 Å². The summed E-state index contributed by atoms with van der Waals surface area (Å²) in [4.78, 5) is 23.1. The predicted molar refractivity (Wildman–Crippen MR) is 71.5 cm³/mol. The molecule has 0 saturated carbocycles. The van der Waals surface area contributed by atoms with E-state index in [9.17, 15) is 9.59 Å². The van der Waals surface area contributed by atoms with Crippen molar-refractivity contribution in [2.45, 2.75) is 13.5 Å². The summed E-state index contributed by atoms with van der Waals surface area (Å²) >= 11 is 0. The number of hydrogen-bond donors (Lipinski definition) is 1. The Labute approximate surface area is 104 Å². The van der Waals surface area contributed by atoms with Crippen LogP contribution in [0.4, 0.5) is 5.69 Å². The van der Waals surface area contributed by atoms with E-state index in [1.165, 1.54) is 22.8 Å². The number of hydrogen-bond acceptors (Lipinski definition) is 3. The average Bonchev–Trinajstić information content (AvgIpc) is 2.34. The Morgan fingerprint density at radius 2 is 2.00 bits per heavy atom. The number of nitrogens with two attached hydrogens (primary N) is 1. The van der Waals surface area contributed by atoms with E-state index in [0.717, 1.165) is 0 Å². The molecule has 0 aromatic carbocycles. The normalized spacial score (nSPS) is 10.6. The van der Waals surface area contributed by atoms with Gasteiger partial charge >= 0.3 is 0 Å². The molecule has 2 heterocycles. The van der Waals surface area contributed by atoms with Crippen LogP contribution in [-0.2, 0) is 13.6 Å². The van der Waals surface area contributed by atoms with Gasteiger partial charge in [-0.25, -0.2) is 0 Å². The van der Waals surface area contributed by atoms with E-state index < -0.39 is 0 Å². The van der Waals surface area contributed by atoms with Gasteiger partial charge in [0.2, 0.25) is 0 Å². The van der Waals surface area contributed by atoms with Gasteiger partial charge in [-0.05, 0) is 6.92 Å². The van der Waals surface area contributed by atoms with Crippen LogP contribution in [0.5, 0.6) is 0 Å². The Morgan fingerprint density at radius 1 is 1.28 bits per heavy atom. The molecule has 5 heteroatoms. The Kier molecular flexibility index (Phi) is 3.06. The number of anilines is 1. The highest BCUT2D eigenvalue weighted by atomic mass is 16.1. The molecule has 2 rings (SSSR count). The van der Waals surface area contributed by atoms with Gasteiger partial charge in [-0.15, -0.1) is 0 Å². The summed E-state index contributed by atoms with van der Waals surface area (Å²) < 4.78 is 3.29. The first-order valence-electron chi connectivity index (χ1n) is 5.70. The molecule has 2 N–H and O–H groups in total. The van der Waals surface area contributed by atoms with Crippen molar-refractivity contribution >= 4 is 5.69 Å². The van der Waals surface area contributed by atoms with Crippen molar-refractivity contribution in [3.05, 3.63) is 51.2 Å². The van der Waals surface area contributed by atoms with E-state index in [1.54, 1.807) is 19.4 Å². The molecule has 94 valence electrons. The van der Waals surface area contributed by atoms with Crippen LogP contribution in [0.2, 0.25) is 0 Å². The van der Waals surface area contributed by atoms with Crippen LogP contribution in [0.15, 0.2) is 40.2 Å². The van der Waals surface area contributed by atoms with Crippen molar-refractivity contribution in [1.29, 1.82) is 0 Å². The van der Waals surface area contributed by atoms with Crippen molar-refractivity contribution in [1.82, 2.24) is 9.13 Å². The van der Waals surface area contributed by atoms with Gasteiger partial charge in [0.05, 0.1) is 11.4 Å². The second-order valence-electron chi connectivity index (χ2n) is 4.13. The quantitative estimate of drug-likeness (QED) is 0.851. The van der Waals surface area contributed by atoms with E-state index in [2.05, 4.69) is 0 Å². The van der Waals surface area contributed by atoms with E-state index in [0.29, 0.717) is 23.5 Å². The largest absolute Gasteiger partial charge is 0.397 e. The predicted octanol–water partition coefficient (Wildman–Crippen LogP) is 0.816. The summed E-state index contributed by atoms with van der Waals surface area (Å²) in [6, 6.07) is 4.44. The number of rotatable bonds is 2. The first-order chi connectivity index (χ1) is 8.52. The van der Waals surface area contributed by atoms with Crippen molar-refractivity contribution < 1.29 is 0 Å². The van der Waals surface area contributed by atoms with Crippen molar-refractivity contribution in [3.8, 4) is 11.3 Å². The third kappa shape index (κ3) is 2.07. The van der Waals surface area contributed by atoms with Crippen LogP contribution in [0.1, 0.15) is 6.92 Å². The summed E-state index contributed by atoms with van der Waals surface area (Å²) in [6.07, 6.45) is 3.27. The maximum atomic E-state index is 11.7. The first kappa shape index (κ1) is 12.2. The molecule has 5 nitrogen and oxygen atoms in total. The first-order valence-corrected chi connectivity index (χ1v) is 5.70. The van der Waals surface area contributed by atoms with Gasteiger partial charge < -0.3 is 14.9 Å². The van der Waals surface area contributed by atoms with Gasteiger partial charge in [0, 0.05) is 49.7 Å². The van der Waals surface area contributed by atoms with E-state index in [4.69, 9.17) is 5.73 Å². The van der Waals surface area contributed by atoms with Gasteiger partial charge in [0.15, 0.2) is 5.43 Å². The number of nitrogen functional groups attached to an aromatic ring is 1. The standard InChI is InChI=1S/C13H15N3O2/c1-3-16-5-4-9(17)6-12(16)10-7-13(18)15(2)8-11(10)14/h4-8H,3,14H2,1-2H3. The lowest BCUT2D eigenvalue weighted by atomic mass is 10.1. The van der Waals surface area contributed by atoms with Crippen molar-refractivity contribution in [2.75, 3.05) is 5.73 Å². The lowest BCUT2D eigenvalue weighted by Gasteiger charge is -2.13. The van der Waals surface area contributed by atoms with Gasteiger partial charge in [-0.2, -0.15) is 0 Å². The average molecular weight is 245 g/mol. The third-order valence-corrected chi connectivity index (χ3v) is 2.88. The van der Waals surface area contributed by atoms with E-state index in [-0.39, 0.29) is 11.0 Å². The zero-order valence-electron chi connectivity index (χ0n) is 10.4. The number of aromatic nitrogens is 2. The molecular weight excluding hydrogens is 230 g/mol. The fourth-order valence-corrected chi connectivity index (χ4v) is 1.89. The van der Waals surface area contributed by atoms with Crippen LogP contribution < -0.4 is 16.7 Å². The van der Waals surface area contributed by atoms with Crippen LogP contribution in [-0.4, -0.2) is 9.13 Å². The third-order valence-electron chi connectivity index (χ3n) is 2.88. The molecule has 0 radical (unpaired) electrons. The van der Waals surface area contributed by atoms with Gasteiger partial charge in [-0.3, -0.25) is 9.59 Å². The lowest BCUT2D eigenvalue weighted by Crippen LogP contribution is -2.17. The van der Waals surface area contributed by atoms with Crippen LogP contribution in [0, 0.1) is 0 Å². The second kappa shape index (κ2) is 4.52. The molecule has 0 aliphatic carbocycles. The Morgan fingerprint density at radius 3 is 2.67 bits per heavy atom. The van der Waals surface area contributed by atoms with Crippen LogP contribution >= 0.6 is 0 Å². The van der Waals surface area contributed by atoms with Gasteiger partial charge in [-0.1, -0.05) is 0 Å². The number of aryl methyl sites for hydroxylation is 2. The highest BCUT2D eigenvalue weighted by Gasteiger charge is 2.09. The summed E-state index contributed by atoms with van der Waals surface area (Å²) in [7, 11) is 1.64. The Bertz CT molecular complexity index is 698.